The zero-order valence-electron chi connectivity index (χ0n) is 14.7. The first kappa shape index (κ1) is 19.3. The minimum Gasteiger partial charge on any atom is -0.497 e. The number of amides is 1. The molecule has 0 heterocycles. The van der Waals surface area contributed by atoms with Crippen molar-refractivity contribution in [2.45, 2.75) is 32.6 Å². The van der Waals surface area contributed by atoms with Crippen LogP contribution in [0.25, 0.3) is 0 Å². The fourth-order valence-corrected chi connectivity index (χ4v) is 2.75. The molecule has 0 spiro atoms. The van der Waals surface area contributed by atoms with Crippen molar-refractivity contribution in [3.8, 4) is 11.5 Å². The van der Waals surface area contributed by atoms with Gasteiger partial charge in [0.25, 0.3) is 5.91 Å². The number of anilines is 1. The maximum atomic E-state index is 12.6. The Kier molecular flexibility index (Phi) is 7.79. The van der Waals surface area contributed by atoms with Gasteiger partial charge < -0.3 is 14.8 Å². The molecular weight excluding hydrogens is 382 g/mol. The number of nitrogens with one attached hydrogen (secondary N) is 1. The average Bonchev–Trinajstić information content (AvgIpc) is 2.63. The monoisotopic (exact) mass is 405 g/mol. The van der Waals surface area contributed by atoms with E-state index in [1.807, 2.05) is 24.3 Å². The summed E-state index contributed by atoms with van der Waals surface area (Å²) >= 11 is 3.42. The van der Waals surface area contributed by atoms with Crippen molar-refractivity contribution in [3.63, 3.8) is 0 Å². The summed E-state index contributed by atoms with van der Waals surface area (Å²) in [5.74, 6) is 1.15. The van der Waals surface area contributed by atoms with Gasteiger partial charge in [0, 0.05) is 10.2 Å². The molecule has 2 rings (SSSR count). The van der Waals surface area contributed by atoms with Crippen molar-refractivity contribution in [1.29, 1.82) is 0 Å². The molecule has 5 heteroatoms. The van der Waals surface area contributed by atoms with E-state index in [9.17, 15) is 4.79 Å². The van der Waals surface area contributed by atoms with Gasteiger partial charge in [-0.2, -0.15) is 0 Å². The van der Waals surface area contributed by atoms with Crippen LogP contribution in [-0.2, 0) is 0 Å². The van der Waals surface area contributed by atoms with Crippen LogP contribution in [0.2, 0.25) is 0 Å². The number of hydrogen-bond acceptors (Lipinski definition) is 3. The van der Waals surface area contributed by atoms with E-state index in [0.29, 0.717) is 23.6 Å². The first-order valence-electron chi connectivity index (χ1n) is 8.51. The van der Waals surface area contributed by atoms with Gasteiger partial charge >= 0.3 is 0 Å². The maximum Gasteiger partial charge on any atom is 0.259 e. The number of unbranched alkanes of at least 4 members (excludes halogenated alkanes) is 3. The molecule has 134 valence electrons. The first-order valence-corrected chi connectivity index (χ1v) is 9.31. The minimum absolute atomic E-state index is 0.199. The third-order valence-corrected chi connectivity index (χ3v) is 4.28. The molecule has 0 saturated heterocycles. The number of rotatable bonds is 9. The Bertz CT molecular complexity index is 686. The molecule has 25 heavy (non-hydrogen) atoms. The van der Waals surface area contributed by atoms with Crippen molar-refractivity contribution >= 4 is 27.5 Å². The normalized spacial score (nSPS) is 10.4. The summed E-state index contributed by atoms with van der Waals surface area (Å²) in [6.07, 6.45) is 4.52. The molecule has 2 aromatic carbocycles. The van der Waals surface area contributed by atoms with Gasteiger partial charge in [0.15, 0.2) is 0 Å². The SMILES string of the molecule is CCCCCCOc1ccc(Br)cc1C(=O)Nc1ccc(OC)cc1. The molecule has 1 amide bonds. The summed E-state index contributed by atoms with van der Waals surface area (Å²) in [6.45, 7) is 2.79. The van der Waals surface area contributed by atoms with Crippen molar-refractivity contribution < 1.29 is 14.3 Å². The van der Waals surface area contributed by atoms with Crippen LogP contribution >= 0.6 is 15.9 Å². The molecule has 0 fully saturated rings. The van der Waals surface area contributed by atoms with Crippen molar-refractivity contribution in [2.24, 2.45) is 0 Å². The second kappa shape index (κ2) is 10.1. The number of ether oxygens (including phenoxy) is 2. The molecule has 0 unspecified atom stereocenters. The number of carbonyl (C=O) groups is 1. The summed E-state index contributed by atoms with van der Waals surface area (Å²) in [6, 6.07) is 12.7. The zero-order chi connectivity index (χ0) is 18.1. The summed E-state index contributed by atoms with van der Waals surface area (Å²) in [7, 11) is 1.61. The van der Waals surface area contributed by atoms with Crippen LogP contribution in [-0.4, -0.2) is 19.6 Å². The van der Waals surface area contributed by atoms with Gasteiger partial charge in [-0.1, -0.05) is 42.1 Å². The zero-order valence-corrected chi connectivity index (χ0v) is 16.3. The molecule has 1 N–H and O–H groups in total. The van der Waals surface area contributed by atoms with Crippen LogP contribution in [0.15, 0.2) is 46.9 Å². The molecule has 0 aliphatic carbocycles. The summed E-state index contributed by atoms with van der Waals surface area (Å²) in [5.41, 5.74) is 1.22. The van der Waals surface area contributed by atoms with Gasteiger partial charge in [0.2, 0.25) is 0 Å². The van der Waals surface area contributed by atoms with Crippen LogP contribution in [0.3, 0.4) is 0 Å². The number of hydrogen-bond donors (Lipinski definition) is 1. The first-order chi connectivity index (χ1) is 12.1. The van der Waals surface area contributed by atoms with Gasteiger partial charge in [-0.25, -0.2) is 0 Å². The van der Waals surface area contributed by atoms with Gasteiger partial charge in [-0.05, 0) is 48.9 Å². The third-order valence-electron chi connectivity index (χ3n) is 3.79. The average molecular weight is 406 g/mol. The molecule has 0 atom stereocenters. The van der Waals surface area contributed by atoms with E-state index in [4.69, 9.17) is 9.47 Å². The molecule has 0 aliphatic heterocycles. The Morgan fingerprint density at radius 2 is 1.84 bits per heavy atom. The lowest BCUT2D eigenvalue weighted by Crippen LogP contribution is -2.14. The number of halogens is 1. The van der Waals surface area contributed by atoms with E-state index >= 15 is 0 Å². The lowest BCUT2D eigenvalue weighted by Gasteiger charge is -2.12. The standard InChI is InChI=1S/C20H24BrNO3/c1-3-4-5-6-13-25-19-12-7-15(21)14-18(19)20(23)22-16-8-10-17(24-2)11-9-16/h7-12,14H,3-6,13H2,1-2H3,(H,22,23). The minimum atomic E-state index is -0.199. The number of benzene rings is 2. The summed E-state index contributed by atoms with van der Waals surface area (Å²) < 4.78 is 11.8. The molecule has 0 saturated carbocycles. The smallest absolute Gasteiger partial charge is 0.259 e. The Hall–Kier alpha value is -2.01. The van der Waals surface area contributed by atoms with E-state index in [2.05, 4.69) is 28.2 Å². The Morgan fingerprint density at radius 3 is 2.52 bits per heavy atom. The molecule has 4 nitrogen and oxygen atoms in total. The largest absolute Gasteiger partial charge is 0.497 e. The van der Waals surface area contributed by atoms with Crippen LogP contribution in [0.1, 0.15) is 43.0 Å². The quantitative estimate of drug-likeness (QED) is 0.546. The Labute approximate surface area is 157 Å². The third kappa shape index (κ3) is 6.09. The second-order valence-electron chi connectivity index (χ2n) is 5.73. The fourth-order valence-electron chi connectivity index (χ4n) is 2.39. The van der Waals surface area contributed by atoms with Gasteiger partial charge in [0.05, 0.1) is 19.3 Å². The van der Waals surface area contributed by atoms with E-state index in [1.54, 1.807) is 25.3 Å². The molecule has 0 bridgehead atoms. The van der Waals surface area contributed by atoms with Crippen LogP contribution < -0.4 is 14.8 Å². The molecule has 2 aromatic rings. The molecule has 0 aromatic heterocycles. The highest BCUT2D eigenvalue weighted by Crippen LogP contribution is 2.25. The highest BCUT2D eigenvalue weighted by atomic mass is 79.9. The number of carbonyl (C=O) groups excluding carboxylic acids is 1. The van der Waals surface area contributed by atoms with E-state index in [-0.39, 0.29) is 5.91 Å². The highest BCUT2D eigenvalue weighted by molar-refractivity contribution is 9.10. The molecular formula is C20H24BrNO3. The lowest BCUT2D eigenvalue weighted by molar-refractivity contribution is 0.102. The van der Waals surface area contributed by atoms with Crippen LogP contribution in [0.5, 0.6) is 11.5 Å². The second-order valence-corrected chi connectivity index (χ2v) is 6.65. The molecule has 0 radical (unpaired) electrons. The van der Waals surface area contributed by atoms with Crippen molar-refractivity contribution in [2.75, 3.05) is 19.0 Å². The Balaban J connectivity index is 2.04. The molecule has 0 aliphatic rings. The van der Waals surface area contributed by atoms with Gasteiger partial charge in [0.1, 0.15) is 11.5 Å². The Morgan fingerprint density at radius 1 is 1.08 bits per heavy atom. The number of methoxy groups -OCH3 is 1. The topological polar surface area (TPSA) is 47.6 Å². The highest BCUT2D eigenvalue weighted by Gasteiger charge is 2.14. The van der Waals surface area contributed by atoms with Crippen molar-refractivity contribution in [1.82, 2.24) is 0 Å². The summed E-state index contributed by atoms with van der Waals surface area (Å²) in [5, 5.41) is 2.89. The van der Waals surface area contributed by atoms with Crippen LogP contribution in [0, 0.1) is 0 Å². The predicted octanol–water partition coefficient (Wildman–Crippen LogP) is 5.67. The van der Waals surface area contributed by atoms with Crippen molar-refractivity contribution in [3.05, 3.63) is 52.5 Å². The predicted molar refractivity (Wildman–Crippen MR) is 105 cm³/mol. The maximum absolute atomic E-state index is 12.6. The van der Waals surface area contributed by atoms with Gasteiger partial charge in [-0.15, -0.1) is 0 Å². The fraction of sp³-hybridized carbons (Fsp3) is 0.350. The van der Waals surface area contributed by atoms with E-state index in [0.717, 1.165) is 23.1 Å². The van der Waals surface area contributed by atoms with Gasteiger partial charge in [-0.3, -0.25) is 4.79 Å². The lowest BCUT2D eigenvalue weighted by atomic mass is 10.1. The van der Waals surface area contributed by atoms with E-state index < -0.39 is 0 Å². The van der Waals surface area contributed by atoms with Crippen LogP contribution in [0.4, 0.5) is 5.69 Å². The van der Waals surface area contributed by atoms with E-state index in [1.165, 1.54) is 12.8 Å². The summed E-state index contributed by atoms with van der Waals surface area (Å²) in [4.78, 5) is 12.6.